The lowest BCUT2D eigenvalue weighted by atomic mass is 9.86. The number of nitrogens with one attached hydrogen (secondary N) is 2. The van der Waals surface area contributed by atoms with Gasteiger partial charge in [-0.2, -0.15) is 0 Å². The van der Waals surface area contributed by atoms with Gasteiger partial charge in [-0.05, 0) is 55.8 Å². The molecule has 156 valence electrons. The molecule has 1 spiro atoms. The minimum atomic E-state index is -0.107. The zero-order chi connectivity index (χ0) is 20.7. The second-order valence-electron chi connectivity index (χ2n) is 9.89. The van der Waals surface area contributed by atoms with Crippen molar-refractivity contribution in [3.63, 3.8) is 0 Å². The average molecular weight is 385 g/mol. The zero-order valence-corrected chi connectivity index (χ0v) is 19.0. The van der Waals surface area contributed by atoms with Crippen molar-refractivity contribution in [3.8, 4) is 0 Å². The Morgan fingerprint density at radius 3 is 2.50 bits per heavy atom. The maximum Gasteiger partial charge on any atom is 0.0985 e. The van der Waals surface area contributed by atoms with E-state index in [2.05, 4.69) is 68.1 Å². The molecule has 1 aliphatic carbocycles. The van der Waals surface area contributed by atoms with Gasteiger partial charge < -0.3 is 20.5 Å². The number of nitrogens with zero attached hydrogens (tertiary/aromatic N) is 2. The van der Waals surface area contributed by atoms with Crippen LogP contribution in [0.3, 0.4) is 0 Å². The van der Waals surface area contributed by atoms with E-state index in [0.29, 0.717) is 6.17 Å². The van der Waals surface area contributed by atoms with E-state index in [1.807, 2.05) is 13.8 Å². The Hall–Kier alpha value is -1.55. The molecule has 0 radical (unpaired) electrons. The highest BCUT2D eigenvalue weighted by atomic mass is 15.4. The molecule has 2 fully saturated rings. The number of anilines is 2. The lowest BCUT2D eigenvalue weighted by molar-refractivity contribution is 0.364. The van der Waals surface area contributed by atoms with Crippen molar-refractivity contribution < 1.29 is 0 Å². The summed E-state index contributed by atoms with van der Waals surface area (Å²) in [6.07, 6.45) is 6.91. The van der Waals surface area contributed by atoms with Crippen LogP contribution < -0.4 is 15.1 Å². The van der Waals surface area contributed by atoms with Crippen molar-refractivity contribution in [1.29, 1.82) is 5.41 Å². The first kappa shape index (κ1) is 21.2. The standard InChI is InChI=1S/C22H34N4.C2H6/c1-16-25(5)19-12-17(8-9-18(19)26(16)15-20(2,3)4)21(14-23)13-22(21)10-6-7-11-24-22;1-2/h8-9,12,14,16,23-24H,6-7,10-11,13,15H2,1-5H3;1-2H3. The normalized spacial score (nSPS) is 31.3. The fraction of sp³-hybridized carbons (Fsp3) is 0.708. The van der Waals surface area contributed by atoms with Crippen molar-refractivity contribution >= 4 is 17.6 Å². The molecule has 3 unspecified atom stereocenters. The van der Waals surface area contributed by atoms with Gasteiger partial charge in [0.1, 0.15) is 0 Å². The van der Waals surface area contributed by atoms with E-state index in [1.54, 1.807) is 6.21 Å². The molecule has 0 aromatic heterocycles. The summed E-state index contributed by atoms with van der Waals surface area (Å²) < 4.78 is 0. The Morgan fingerprint density at radius 2 is 1.93 bits per heavy atom. The van der Waals surface area contributed by atoms with E-state index in [9.17, 15) is 0 Å². The first-order valence-electron chi connectivity index (χ1n) is 11.1. The van der Waals surface area contributed by atoms with Crippen molar-refractivity contribution in [2.24, 2.45) is 5.41 Å². The van der Waals surface area contributed by atoms with Gasteiger partial charge in [-0.1, -0.05) is 47.1 Å². The van der Waals surface area contributed by atoms with Crippen LogP contribution in [-0.4, -0.2) is 38.1 Å². The molecule has 3 atom stereocenters. The molecular formula is C24H40N4. The minimum Gasteiger partial charge on any atom is -0.353 e. The van der Waals surface area contributed by atoms with E-state index in [0.717, 1.165) is 19.5 Å². The molecule has 3 aliphatic rings. The highest BCUT2D eigenvalue weighted by molar-refractivity contribution is 5.85. The summed E-state index contributed by atoms with van der Waals surface area (Å²) >= 11 is 0. The molecule has 1 aromatic rings. The predicted octanol–water partition coefficient (Wildman–Crippen LogP) is 5.16. The SMILES string of the molecule is CC.CC1N(C)c2cc(C3(C=N)CC34CCCCN4)ccc2N1CC(C)(C)C. The number of fused-ring (bicyclic) bond motifs is 1. The molecule has 28 heavy (non-hydrogen) atoms. The minimum absolute atomic E-state index is 0.107. The Morgan fingerprint density at radius 1 is 1.21 bits per heavy atom. The van der Waals surface area contributed by atoms with Crippen molar-refractivity contribution in [1.82, 2.24) is 5.32 Å². The Balaban J connectivity index is 0.00000109. The van der Waals surface area contributed by atoms with E-state index < -0.39 is 0 Å². The third-order valence-electron chi connectivity index (χ3n) is 6.89. The topological polar surface area (TPSA) is 42.4 Å². The lowest BCUT2D eigenvalue weighted by Gasteiger charge is -2.33. The Labute approximate surface area is 172 Å². The summed E-state index contributed by atoms with van der Waals surface area (Å²) in [5.74, 6) is 0. The fourth-order valence-electron chi connectivity index (χ4n) is 5.25. The largest absolute Gasteiger partial charge is 0.353 e. The summed E-state index contributed by atoms with van der Waals surface area (Å²) in [5.41, 5.74) is 4.26. The molecule has 2 aliphatic heterocycles. The highest BCUT2D eigenvalue weighted by Crippen LogP contribution is 2.60. The average Bonchev–Trinajstić information content (AvgIpc) is 3.26. The van der Waals surface area contributed by atoms with Crippen LogP contribution in [0.5, 0.6) is 0 Å². The smallest absolute Gasteiger partial charge is 0.0985 e. The summed E-state index contributed by atoms with van der Waals surface area (Å²) in [6, 6.07) is 6.96. The van der Waals surface area contributed by atoms with Gasteiger partial charge >= 0.3 is 0 Å². The molecule has 1 saturated heterocycles. The third kappa shape index (κ3) is 3.24. The first-order valence-corrected chi connectivity index (χ1v) is 11.1. The van der Waals surface area contributed by atoms with Gasteiger partial charge in [0.15, 0.2) is 0 Å². The Bertz CT molecular complexity index is 714. The molecule has 4 rings (SSSR count). The van der Waals surface area contributed by atoms with Crippen LogP contribution >= 0.6 is 0 Å². The fourth-order valence-corrected chi connectivity index (χ4v) is 5.25. The summed E-state index contributed by atoms with van der Waals surface area (Å²) in [6.45, 7) is 15.3. The molecular weight excluding hydrogens is 344 g/mol. The van der Waals surface area contributed by atoms with Crippen molar-refractivity contribution in [3.05, 3.63) is 23.8 Å². The van der Waals surface area contributed by atoms with Gasteiger partial charge in [0.05, 0.1) is 17.5 Å². The number of benzene rings is 1. The van der Waals surface area contributed by atoms with E-state index >= 15 is 0 Å². The van der Waals surface area contributed by atoms with Crippen LogP contribution in [-0.2, 0) is 5.41 Å². The molecule has 2 heterocycles. The van der Waals surface area contributed by atoms with Crippen LogP contribution in [0.25, 0.3) is 0 Å². The van der Waals surface area contributed by atoms with Crippen molar-refractivity contribution in [2.75, 3.05) is 29.9 Å². The van der Waals surface area contributed by atoms with Gasteiger partial charge in [-0.3, -0.25) is 0 Å². The lowest BCUT2D eigenvalue weighted by Crippen LogP contribution is -2.43. The van der Waals surface area contributed by atoms with Crippen LogP contribution in [0.15, 0.2) is 18.2 Å². The zero-order valence-electron chi connectivity index (χ0n) is 19.0. The van der Waals surface area contributed by atoms with Crippen molar-refractivity contribution in [2.45, 2.75) is 84.3 Å². The molecule has 1 saturated carbocycles. The van der Waals surface area contributed by atoms with Gasteiger partial charge in [-0.15, -0.1) is 0 Å². The maximum atomic E-state index is 8.22. The van der Waals surface area contributed by atoms with E-state index in [-0.39, 0.29) is 16.4 Å². The summed E-state index contributed by atoms with van der Waals surface area (Å²) in [4.78, 5) is 4.92. The molecule has 0 amide bonds. The molecule has 2 N–H and O–H groups in total. The summed E-state index contributed by atoms with van der Waals surface area (Å²) in [5, 5.41) is 12.0. The number of rotatable bonds is 3. The van der Waals surface area contributed by atoms with Crippen LogP contribution in [0.4, 0.5) is 11.4 Å². The predicted molar refractivity (Wildman–Crippen MR) is 122 cm³/mol. The number of piperidine rings is 1. The van der Waals surface area contributed by atoms with E-state index in [4.69, 9.17) is 5.41 Å². The van der Waals surface area contributed by atoms with Gasteiger partial charge in [-0.25, -0.2) is 0 Å². The third-order valence-corrected chi connectivity index (χ3v) is 6.89. The summed E-state index contributed by atoms with van der Waals surface area (Å²) in [7, 11) is 2.20. The number of hydrogen-bond acceptors (Lipinski definition) is 4. The molecule has 4 nitrogen and oxygen atoms in total. The van der Waals surface area contributed by atoms with Gasteiger partial charge in [0, 0.05) is 30.8 Å². The molecule has 0 bridgehead atoms. The second kappa shape index (κ2) is 7.37. The van der Waals surface area contributed by atoms with Crippen LogP contribution in [0.2, 0.25) is 0 Å². The molecule has 4 heteroatoms. The number of hydrogen-bond donors (Lipinski definition) is 2. The first-order chi connectivity index (χ1) is 13.2. The second-order valence-corrected chi connectivity index (χ2v) is 9.89. The Kier molecular flexibility index (Phi) is 5.57. The quantitative estimate of drug-likeness (QED) is 0.707. The molecule has 1 aromatic carbocycles. The highest BCUT2D eigenvalue weighted by Gasteiger charge is 2.67. The van der Waals surface area contributed by atoms with Crippen LogP contribution in [0.1, 0.15) is 72.8 Å². The van der Waals surface area contributed by atoms with Gasteiger partial charge in [0.25, 0.3) is 0 Å². The monoisotopic (exact) mass is 384 g/mol. The maximum absolute atomic E-state index is 8.22. The van der Waals surface area contributed by atoms with Crippen LogP contribution in [0, 0.1) is 10.8 Å². The van der Waals surface area contributed by atoms with E-state index in [1.165, 1.54) is 36.2 Å². The van der Waals surface area contributed by atoms with Gasteiger partial charge in [0.2, 0.25) is 0 Å².